The number of rotatable bonds is 5. The molecule has 1 saturated heterocycles. The van der Waals surface area contributed by atoms with E-state index in [-0.39, 0.29) is 12.6 Å². The first-order valence-corrected chi connectivity index (χ1v) is 6.45. The standard InChI is InChI=1S/C13H21N3O2/c1-2-14-13-7-11(3-4-15-13)8-16-5-6-18-10-12(16)9-17/h3-4,7,12,17H,2,5-6,8-10H2,1H3,(H,14,15). The van der Waals surface area contributed by atoms with Crippen molar-refractivity contribution >= 4 is 5.82 Å². The number of aliphatic hydroxyl groups excluding tert-OH is 1. The summed E-state index contributed by atoms with van der Waals surface area (Å²) < 4.78 is 5.38. The molecule has 0 radical (unpaired) electrons. The summed E-state index contributed by atoms with van der Waals surface area (Å²) in [4.78, 5) is 6.52. The predicted molar refractivity (Wildman–Crippen MR) is 70.5 cm³/mol. The van der Waals surface area contributed by atoms with Crippen LogP contribution in [0.15, 0.2) is 18.3 Å². The molecule has 18 heavy (non-hydrogen) atoms. The molecule has 1 aromatic rings. The summed E-state index contributed by atoms with van der Waals surface area (Å²) >= 11 is 0. The van der Waals surface area contributed by atoms with Crippen molar-refractivity contribution in [2.24, 2.45) is 0 Å². The number of aliphatic hydroxyl groups is 1. The first kappa shape index (κ1) is 13.3. The fourth-order valence-corrected chi connectivity index (χ4v) is 2.15. The molecule has 0 bridgehead atoms. The Morgan fingerprint density at radius 1 is 1.61 bits per heavy atom. The summed E-state index contributed by atoms with van der Waals surface area (Å²) in [6.07, 6.45) is 1.82. The van der Waals surface area contributed by atoms with Gasteiger partial charge >= 0.3 is 0 Å². The Labute approximate surface area is 108 Å². The van der Waals surface area contributed by atoms with E-state index in [0.717, 1.165) is 32.1 Å². The minimum Gasteiger partial charge on any atom is -0.395 e. The maximum atomic E-state index is 9.33. The number of nitrogens with zero attached hydrogens (tertiary/aromatic N) is 2. The molecule has 0 spiro atoms. The highest BCUT2D eigenvalue weighted by atomic mass is 16.5. The van der Waals surface area contributed by atoms with Crippen LogP contribution in [0.25, 0.3) is 0 Å². The first-order valence-electron chi connectivity index (χ1n) is 6.45. The van der Waals surface area contributed by atoms with E-state index in [4.69, 9.17) is 4.74 Å². The molecule has 1 aliphatic heterocycles. The minimum atomic E-state index is 0.106. The van der Waals surface area contributed by atoms with Gasteiger partial charge in [0.25, 0.3) is 0 Å². The van der Waals surface area contributed by atoms with Gasteiger partial charge in [-0.3, -0.25) is 4.90 Å². The van der Waals surface area contributed by atoms with Crippen LogP contribution in [0.3, 0.4) is 0 Å². The fraction of sp³-hybridized carbons (Fsp3) is 0.615. The van der Waals surface area contributed by atoms with Crippen LogP contribution in [0.4, 0.5) is 5.82 Å². The lowest BCUT2D eigenvalue weighted by Crippen LogP contribution is -2.46. The highest BCUT2D eigenvalue weighted by molar-refractivity contribution is 5.37. The number of pyridine rings is 1. The van der Waals surface area contributed by atoms with Gasteiger partial charge in [0.05, 0.1) is 25.9 Å². The Morgan fingerprint density at radius 2 is 2.50 bits per heavy atom. The molecule has 1 fully saturated rings. The number of anilines is 1. The summed E-state index contributed by atoms with van der Waals surface area (Å²) in [5.74, 6) is 0.906. The summed E-state index contributed by atoms with van der Waals surface area (Å²) in [7, 11) is 0. The highest BCUT2D eigenvalue weighted by Crippen LogP contribution is 2.14. The summed E-state index contributed by atoms with van der Waals surface area (Å²) in [6.45, 7) is 6.11. The van der Waals surface area contributed by atoms with Crippen molar-refractivity contribution in [3.05, 3.63) is 23.9 Å². The van der Waals surface area contributed by atoms with Crippen molar-refractivity contribution in [3.8, 4) is 0 Å². The van der Waals surface area contributed by atoms with Gasteiger partial charge in [0.1, 0.15) is 5.82 Å². The van der Waals surface area contributed by atoms with Crippen LogP contribution in [0, 0.1) is 0 Å². The van der Waals surface area contributed by atoms with Gasteiger partial charge in [0, 0.05) is 25.8 Å². The van der Waals surface area contributed by atoms with Gasteiger partial charge in [-0.25, -0.2) is 4.98 Å². The molecule has 1 aromatic heterocycles. The first-order chi connectivity index (χ1) is 8.83. The van der Waals surface area contributed by atoms with Gasteiger partial charge in [-0.2, -0.15) is 0 Å². The van der Waals surface area contributed by atoms with E-state index in [1.807, 2.05) is 12.3 Å². The molecule has 0 amide bonds. The van der Waals surface area contributed by atoms with Crippen LogP contribution in [0.2, 0.25) is 0 Å². The van der Waals surface area contributed by atoms with E-state index in [1.54, 1.807) is 0 Å². The molecule has 0 aromatic carbocycles. The Kier molecular flexibility index (Phi) is 4.92. The molecule has 0 aliphatic carbocycles. The van der Waals surface area contributed by atoms with Crippen LogP contribution >= 0.6 is 0 Å². The Balaban J connectivity index is 2.00. The summed E-state index contributed by atoms with van der Waals surface area (Å²) in [5.41, 5.74) is 1.21. The van der Waals surface area contributed by atoms with Gasteiger partial charge in [-0.1, -0.05) is 0 Å². The number of hydrogen-bond donors (Lipinski definition) is 2. The summed E-state index contributed by atoms with van der Waals surface area (Å²) in [5, 5.41) is 12.5. The number of aromatic nitrogens is 1. The van der Waals surface area contributed by atoms with Crippen molar-refractivity contribution in [3.63, 3.8) is 0 Å². The quantitative estimate of drug-likeness (QED) is 0.807. The Hall–Kier alpha value is -1.17. The second-order valence-corrected chi connectivity index (χ2v) is 4.46. The van der Waals surface area contributed by atoms with Crippen LogP contribution in [-0.2, 0) is 11.3 Å². The molecule has 100 valence electrons. The molecular formula is C13H21N3O2. The second kappa shape index (κ2) is 6.68. The zero-order valence-electron chi connectivity index (χ0n) is 10.8. The molecule has 2 N–H and O–H groups in total. The zero-order valence-corrected chi connectivity index (χ0v) is 10.8. The third kappa shape index (κ3) is 3.41. The maximum Gasteiger partial charge on any atom is 0.126 e. The number of nitrogens with one attached hydrogen (secondary N) is 1. The third-order valence-corrected chi connectivity index (χ3v) is 3.13. The lowest BCUT2D eigenvalue weighted by atomic mass is 10.2. The zero-order chi connectivity index (χ0) is 12.8. The van der Waals surface area contributed by atoms with E-state index in [9.17, 15) is 5.11 Å². The van der Waals surface area contributed by atoms with Gasteiger partial charge < -0.3 is 15.2 Å². The highest BCUT2D eigenvalue weighted by Gasteiger charge is 2.22. The molecule has 0 saturated carbocycles. The maximum absolute atomic E-state index is 9.33. The van der Waals surface area contributed by atoms with Gasteiger partial charge in [0.2, 0.25) is 0 Å². The number of morpholine rings is 1. The largest absolute Gasteiger partial charge is 0.395 e. The Bertz CT molecular complexity index is 373. The summed E-state index contributed by atoms with van der Waals surface area (Å²) in [6, 6.07) is 4.19. The van der Waals surface area contributed by atoms with E-state index in [2.05, 4.69) is 28.2 Å². The lowest BCUT2D eigenvalue weighted by molar-refractivity contribution is -0.0312. The van der Waals surface area contributed by atoms with E-state index in [0.29, 0.717) is 6.61 Å². The molecule has 2 rings (SSSR count). The van der Waals surface area contributed by atoms with Crippen molar-refractivity contribution in [1.82, 2.24) is 9.88 Å². The normalized spacial score (nSPS) is 20.9. The minimum absolute atomic E-state index is 0.106. The van der Waals surface area contributed by atoms with Crippen molar-refractivity contribution in [2.75, 3.05) is 38.2 Å². The smallest absolute Gasteiger partial charge is 0.126 e. The number of ether oxygens (including phenoxy) is 1. The molecule has 2 heterocycles. The topological polar surface area (TPSA) is 57.6 Å². The monoisotopic (exact) mass is 251 g/mol. The average molecular weight is 251 g/mol. The van der Waals surface area contributed by atoms with E-state index >= 15 is 0 Å². The van der Waals surface area contributed by atoms with E-state index < -0.39 is 0 Å². The molecular weight excluding hydrogens is 230 g/mol. The molecule has 1 aliphatic rings. The average Bonchev–Trinajstić information content (AvgIpc) is 2.40. The molecule has 1 unspecified atom stereocenters. The Morgan fingerprint density at radius 3 is 3.28 bits per heavy atom. The van der Waals surface area contributed by atoms with Gasteiger partial charge in [-0.05, 0) is 24.6 Å². The number of hydrogen-bond acceptors (Lipinski definition) is 5. The second-order valence-electron chi connectivity index (χ2n) is 4.46. The van der Waals surface area contributed by atoms with Gasteiger partial charge in [-0.15, -0.1) is 0 Å². The van der Waals surface area contributed by atoms with Crippen molar-refractivity contribution < 1.29 is 9.84 Å². The van der Waals surface area contributed by atoms with Crippen LogP contribution < -0.4 is 5.32 Å². The van der Waals surface area contributed by atoms with Crippen molar-refractivity contribution in [2.45, 2.75) is 19.5 Å². The van der Waals surface area contributed by atoms with E-state index in [1.165, 1.54) is 5.56 Å². The molecule has 5 nitrogen and oxygen atoms in total. The molecule has 1 atom stereocenters. The van der Waals surface area contributed by atoms with Crippen LogP contribution in [-0.4, -0.2) is 53.9 Å². The van der Waals surface area contributed by atoms with Crippen molar-refractivity contribution in [1.29, 1.82) is 0 Å². The SMILES string of the molecule is CCNc1cc(CN2CCOCC2CO)ccn1. The lowest BCUT2D eigenvalue weighted by Gasteiger charge is -2.34. The fourth-order valence-electron chi connectivity index (χ4n) is 2.15. The van der Waals surface area contributed by atoms with Crippen LogP contribution in [0.5, 0.6) is 0 Å². The predicted octanol–water partition coefficient (Wildman–Crippen LogP) is 0.706. The third-order valence-electron chi connectivity index (χ3n) is 3.13. The molecule has 5 heteroatoms. The van der Waals surface area contributed by atoms with Gasteiger partial charge in [0.15, 0.2) is 0 Å². The van der Waals surface area contributed by atoms with Crippen LogP contribution in [0.1, 0.15) is 12.5 Å².